The zero-order valence-electron chi connectivity index (χ0n) is 24.5. The summed E-state index contributed by atoms with van der Waals surface area (Å²) in [6.45, 7) is 5.14. The number of rotatable bonds is 3. The Morgan fingerprint density at radius 1 is 1.07 bits per heavy atom. The third kappa shape index (κ3) is 7.59. The largest absolute Gasteiger partial charge is 0.494 e. The molecule has 2 aliphatic heterocycles. The van der Waals surface area contributed by atoms with Crippen LogP contribution in [0.1, 0.15) is 55.3 Å². The van der Waals surface area contributed by atoms with E-state index < -0.39 is 29.8 Å². The predicted octanol–water partition coefficient (Wildman–Crippen LogP) is 2.57. The van der Waals surface area contributed by atoms with Gasteiger partial charge in [-0.1, -0.05) is 24.3 Å². The van der Waals surface area contributed by atoms with E-state index in [1.165, 1.54) is 13.1 Å². The first kappa shape index (κ1) is 29.8. The van der Waals surface area contributed by atoms with Crippen molar-refractivity contribution in [3.8, 4) is 11.4 Å². The fraction of sp³-hybridized carbons (Fsp3) is 0.406. The normalized spacial score (nSPS) is 22.0. The number of piperidine rings is 1. The minimum Gasteiger partial charge on any atom is -0.494 e. The number of ether oxygens (including phenoxy) is 1. The van der Waals surface area contributed by atoms with Crippen molar-refractivity contribution in [2.75, 3.05) is 19.7 Å². The topological polar surface area (TPSA) is 135 Å². The molecule has 11 nitrogen and oxygen atoms in total. The molecule has 11 heteroatoms. The van der Waals surface area contributed by atoms with Crippen LogP contribution in [0, 0.1) is 12.8 Å². The number of hydrogen-bond acceptors (Lipinski definition) is 6. The highest BCUT2D eigenvalue weighted by atomic mass is 16.5. The Labute approximate surface area is 251 Å². The molecule has 3 N–H and O–H groups in total. The van der Waals surface area contributed by atoms with Gasteiger partial charge in [0.2, 0.25) is 23.6 Å². The van der Waals surface area contributed by atoms with Crippen LogP contribution in [0.15, 0.2) is 60.9 Å². The second-order valence-electron chi connectivity index (χ2n) is 11.2. The Morgan fingerprint density at radius 3 is 2.67 bits per heavy atom. The SMILES string of the molecule is CC(=O)N[C@H]1CC(=O)N2CCCC(CCOc3ccc(C)c(c3)CNC(=O)C(c3cnn(-c4ccccc4)c3)NC1=O)C2. The molecule has 2 aliphatic rings. The molecule has 3 heterocycles. The van der Waals surface area contributed by atoms with E-state index in [0.717, 1.165) is 36.1 Å². The van der Waals surface area contributed by atoms with Gasteiger partial charge in [-0.15, -0.1) is 0 Å². The van der Waals surface area contributed by atoms with E-state index in [-0.39, 0.29) is 24.8 Å². The lowest BCUT2D eigenvalue weighted by molar-refractivity contribution is -0.138. The molecule has 1 aromatic heterocycles. The van der Waals surface area contributed by atoms with Gasteiger partial charge in [0.1, 0.15) is 17.8 Å². The third-order valence-electron chi connectivity index (χ3n) is 8.02. The molecule has 0 saturated carbocycles. The first-order valence-electron chi connectivity index (χ1n) is 14.7. The third-order valence-corrected chi connectivity index (χ3v) is 8.02. The quantitative estimate of drug-likeness (QED) is 0.432. The molecule has 43 heavy (non-hydrogen) atoms. The van der Waals surface area contributed by atoms with E-state index in [0.29, 0.717) is 31.0 Å². The zero-order chi connectivity index (χ0) is 30.3. The lowest BCUT2D eigenvalue weighted by Gasteiger charge is -2.34. The van der Waals surface area contributed by atoms with Crippen LogP contribution < -0.4 is 20.7 Å². The summed E-state index contributed by atoms with van der Waals surface area (Å²) >= 11 is 0. The molecule has 2 aromatic carbocycles. The van der Waals surface area contributed by atoms with Gasteiger partial charge in [0.25, 0.3) is 0 Å². The molecule has 0 aliphatic carbocycles. The fourth-order valence-electron chi connectivity index (χ4n) is 5.59. The van der Waals surface area contributed by atoms with Crippen molar-refractivity contribution in [2.45, 2.75) is 58.2 Å². The summed E-state index contributed by atoms with van der Waals surface area (Å²) in [4.78, 5) is 54.5. The average molecular weight is 587 g/mol. The van der Waals surface area contributed by atoms with Crippen LogP contribution in [0.5, 0.6) is 5.75 Å². The number of hydrogen-bond donors (Lipinski definition) is 3. The van der Waals surface area contributed by atoms with Crippen molar-refractivity contribution in [1.82, 2.24) is 30.6 Å². The van der Waals surface area contributed by atoms with Crippen LogP contribution in [0.25, 0.3) is 5.69 Å². The van der Waals surface area contributed by atoms with E-state index in [1.54, 1.807) is 15.8 Å². The predicted molar refractivity (Wildman–Crippen MR) is 159 cm³/mol. The second kappa shape index (κ2) is 13.5. The molecule has 4 bridgehead atoms. The lowest BCUT2D eigenvalue weighted by atomic mass is 9.94. The second-order valence-corrected chi connectivity index (χ2v) is 11.2. The summed E-state index contributed by atoms with van der Waals surface area (Å²) in [5, 5.41) is 12.8. The minimum absolute atomic E-state index is 0.212. The maximum absolute atomic E-state index is 13.7. The fourth-order valence-corrected chi connectivity index (χ4v) is 5.59. The molecule has 5 rings (SSSR count). The van der Waals surface area contributed by atoms with Crippen LogP contribution in [0.4, 0.5) is 0 Å². The average Bonchev–Trinajstić information content (AvgIpc) is 3.49. The van der Waals surface area contributed by atoms with Crippen molar-refractivity contribution in [3.63, 3.8) is 0 Å². The van der Waals surface area contributed by atoms with E-state index in [9.17, 15) is 19.2 Å². The van der Waals surface area contributed by atoms with Crippen LogP contribution in [0.3, 0.4) is 0 Å². The highest BCUT2D eigenvalue weighted by Gasteiger charge is 2.32. The number of aryl methyl sites for hydroxylation is 1. The van der Waals surface area contributed by atoms with Gasteiger partial charge in [-0.2, -0.15) is 5.10 Å². The first-order valence-corrected chi connectivity index (χ1v) is 14.7. The standard InChI is InChI=1S/C32H38N6O5/c1-21-10-11-27-15-24(21)17-33-32(42)30(25-18-34-38(20-25)26-8-4-3-5-9-26)36-31(41)28(35-22(2)39)16-29(40)37-13-6-7-23(19-37)12-14-43-27/h3-5,8-11,15,18,20,23,28,30H,6-7,12-14,16-17,19H2,1-2H3,(H,33,42)(H,35,39)(H,36,41)/t23?,28-,30?/m0/s1. The Hall–Kier alpha value is -4.67. The Bertz CT molecular complexity index is 1470. The number of nitrogens with one attached hydrogen (secondary N) is 3. The van der Waals surface area contributed by atoms with Gasteiger partial charge >= 0.3 is 0 Å². The molecule has 3 atom stereocenters. The summed E-state index contributed by atoms with van der Waals surface area (Å²) in [5.41, 5.74) is 3.12. The first-order chi connectivity index (χ1) is 20.8. The van der Waals surface area contributed by atoms with Crippen molar-refractivity contribution in [3.05, 3.63) is 77.6 Å². The molecule has 226 valence electrons. The molecule has 1 saturated heterocycles. The zero-order valence-corrected chi connectivity index (χ0v) is 24.5. The Balaban J connectivity index is 1.47. The number of nitrogens with zero attached hydrogens (tertiary/aromatic N) is 3. The lowest BCUT2D eigenvalue weighted by Crippen LogP contribution is -2.52. The molecule has 0 spiro atoms. The van der Waals surface area contributed by atoms with E-state index >= 15 is 0 Å². The number of amides is 4. The Kier molecular flexibility index (Phi) is 9.38. The highest BCUT2D eigenvalue weighted by molar-refractivity contribution is 5.95. The summed E-state index contributed by atoms with van der Waals surface area (Å²) < 4.78 is 7.69. The molecule has 2 unspecified atom stereocenters. The van der Waals surface area contributed by atoms with Gasteiger partial charge in [-0.3, -0.25) is 19.2 Å². The van der Waals surface area contributed by atoms with Crippen LogP contribution in [0.2, 0.25) is 0 Å². The monoisotopic (exact) mass is 586 g/mol. The maximum atomic E-state index is 13.7. The molecule has 4 amide bonds. The van der Waals surface area contributed by atoms with Gasteiger partial charge in [0.05, 0.1) is 24.9 Å². The number of fused-ring (bicyclic) bond motifs is 4. The number of benzene rings is 2. The summed E-state index contributed by atoms with van der Waals surface area (Å²) in [6.07, 6.45) is 5.63. The smallest absolute Gasteiger partial charge is 0.247 e. The van der Waals surface area contributed by atoms with E-state index in [4.69, 9.17) is 4.74 Å². The van der Waals surface area contributed by atoms with Crippen molar-refractivity contribution in [2.24, 2.45) is 5.92 Å². The summed E-state index contributed by atoms with van der Waals surface area (Å²) in [6, 6.07) is 12.9. The van der Waals surface area contributed by atoms with Gasteiger partial charge < -0.3 is 25.6 Å². The molecule has 0 radical (unpaired) electrons. The van der Waals surface area contributed by atoms with Gasteiger partial charge in [0.15, 0.2) is 0 Å². The number of carbonyl (C=O) groups is 4. The van der Waals surface area contributed by atoms with Crippen molar-refractivity contribution < 1.29 is 23.9 Å². The number of aromatic nitrogens is 2. The highest BCUT2D eigenvalue weighted by Crippen LogP contribution is 2.24. The van der Waals surface area contributed by atoms with Crippen molar-refractivity contribution >= 4 is 23.6 Å². The van der Waals surface area contributed by atoms with Gasteiger partial charge in [-0.05, 0) is 67.5 Å². The summed E-state index contributed by atoms with van der Waals surface area (Å²) in [7, 11) is 0. The minimum atomic E-state index is -1.15. The molecular weight excluding hydrogens is 548 g/mol. The molecular formula is C32H38N6O5. The van der Waals surface area contributed by atoms with Crippen LogP contribution >= 0.6 is 0 Å². The van der Waals surface area contributed by atoms with Crippen LogP contribution in [-0.2, 0) is 25.7 Å². The van der Waals surface area contributed by atoms with E-state index in [2.05, 4.69) is 21.0 Å². The van der Waals surface area contributed by atoms with Gasteiger partial charge in [-0.25, -0.2) is 4.68 Å². The number of carbonyl (C=O) groups excluding carboxylic acids is 4. The van der Waals surface area contributed by atoms with Gasteiger partial charge in [0, 0.05) is 38.3 Å². The van der Waals surface area contributed by atoms with E-state index in [1.807, 2.05) is 55.5 Å². The summed E-state index contributed by atoms with van der Waals surface area (Å²) in [5.74, 6) is -0.762. The van der Waals surface area contributed by atoms with Crippen LogP contribution in [-0.4, -0.2) is 64.0 Å². The van der Waals surface area contributed by atoms with Crippen molar-refractivity contribution in [1.29, 1.82) is 0 Å². The number of para-hydroxylation sites is 1. The molecule has 3 aromatic rings. The Morgan fingerprint density at radius 2 is 1.88 bits per heavy atom. The maximum Gasteiger partial charge on any atom is 0.247 e. The molecule has 1 fully saturated rings.